The van der Waals surface area contributed by atoms with Crippen molar-refractivity contribution in [2.24, 2.45) is 11.5 Å². The number of nitrogens with zero attached hydrogens (tertiary/aromatic N) is 11. The Kier molecular flexibility index (Phi) is 23.5. The van der Waals surface area contributed by atoms with Gasteiger partial charge in [-0.05, 0) is 84.0 Å². The number of halogens is 3. The van der Waals surface area contributed by atoms with Gasteiger partial charge in [-0.3, -0.25) is 30.1 Å². The van der Waals surface area contributed by atoms with Crippen LogP contribution in [-0.4, -0.2) is 96.2 Å². The number of primary amides is 1. The molecule has 26 heteroatoms. The fourth-order valence-corrected chi connectivity index (χ4v) is 6.84. The summed E-state index contributed by atoms with van der Waals surface area (Å²) < 4.78 is 6.24. The number of hydrogen-bond acceptors (Lipinski definition) is 15. The average molecular weight is 1250 g/mol. The van der Waals surface area contributed by atoms with Crippen LogP contribution < -0.4 is 27.8 Å². The molecule has 5 aromatic heterocycles. The molecule has 9 aromatic rings. The van der Waals surface area contributed by atoms with Gasteiger partial charge < -0.3 is 27.8 Å². The maximum absolute atomic E-state index is 11.8. The van der Waals surface area contributed by atoms with E-state index in [-0.39, 0.29) is 29.0 Å². The van der Waals surface area contributed by atoms with Crippen LogP contribution in [0.4, 0.5) is 34.5 Å². The zero-order valence-electron chi connectivity index (χ0n) is 38.6. The van der Waals surface area contributed by atoms with Gasteiger partial charge in [0.2, 0.25) is 5.95 Å². The number of nitrogens with two attached hydrogens (primary N) is 3. The molecule has 9 N–H and O–H groups in total. The molecule has 4 aromatic carbocycles. The molecule has 1 fully saturated rings. The van der Waals surface area contributed by atoms with Crippen LogP contribution in [0.3, 0.4) is 0 Å². The van der Waals surface area contributed by atoms with Gasteiger partial charge in [0.1, 0.15) is 30.0 Å². The monoisotopic (exact) mass is 1250 g/mol. The third kappa shape index (κ3) is 19.2. The number of nitro groups is 2. The van der Waals surface area contributed by atoms with Gasteiger partial charge in [-0.25, -0.2) is 19.0 Å². The van der Waals surface area contributed by atoms with Crippen LogP contribution in [0.1, 0.15) is 36.0 Å². The van der Waals surface area contributed by atoms with E-state index in [9.17, 15) is 25.0 Å². The van der Waals surface area contributed by atoms with Crippen molar-refractivity contribution in [1.82, 2.24) is 49.5 Å². The first-order valence-electron chi connectivity index (χ1n) is 21.8. The molecule has 376 valence electrons. The van der Waals surface area contributed by atoms with E-state index in [0.29, 0.717) is 23.1 Å². The Morgan fingerprint density at radius 2 is 1.22 bits per heavy atom. The van der Waals surface area contributed by atoms with E-state index in [0.717, 1.165) is 48.9 Å². The van der Waals surface area contributed by atoms with Crippen LogP contribution >= 0.6 is 40.4 Å². The van der Waals surface area contributed by atoms with Gasteiger partial charge >= 0.3 is 48.1 Å². The van der Waals surface area contributed by atoms with Crippen molar-refractivity contribution >= 4 is 99.7 Å². The third-order valence-corrected chi connectivity index (χ3v) is 10.6. The van der Waals surface area contributed by atoms with Crippen LogP contribution in [-0.2, 0) is 0 Å². The second-order valence-corrected chi connectivity index (χ2v) is 20.5. The number of aromatic nitrogens is 10. The van der Waals surface area contributed by atoms with Crippen LogP contribution in [0.25, 0.3) is 17.1 Å². The standard InChI is InChI=1S/C20H24N8O.C9H7N3O2.C9H9N3.C6H5I.C3H3N3O2.2ClH.Sn/c21-16-8-4-5-9-17(16)26-20-23-11-15(18(22)29)19(27-20)25-13-10-24-28(12-13)14-6-2-1-3-7-14;13-12(14)9-6-10-11(7-9)8-4-2-1-3-5-8;10-8-6-11-12(7-8)9-4-2-1-3-5-9;7-6-4-2-1-3-5-6;7-6(8)3-1-4-5-2-3;;;/h1-3,6-7,10-12,16-17H,4-5,8-9,21H2,(H2,22,29)(H2,23,25,26,27);1-7H;1-7H,10H2;1-5H;1-2H,(H,4,5);2*1H;/q;;;;;;;+2/p-2/t16-,17+;;;;;;;/m0......./s1. The van der Waals surface area contributed by atoms with E-state index in [1.807, 2.05) is 115 Å². The quantitative estimate of drug-likeness (QED) is 0.0322. The number of nitrogen functional groups attached to an aromatic ring is 1. The number of aromatic amines is 1. The third-order valence-electron chi connectivity index (χ3n) is 9.91. The molecule has 1 aliphatic rings. The van der Waals surface area contributed by atoms with E-state index in [2.05, 4.69) is 80.8 Å². The molecule has 0 unspecified atom stereocenters. The summed E-state index contributed by atoms with van der Waals surface area (Å²) in [6, 6.07) is 39.2. The van der Waals surface area contributed by atoms with Crippen molar-refractivity contribution in [1.29, 1.82) is 0 Å². The Hall–Kier alpha value is -7.46. The molecule has 73 heavy (non-hydrogen) atoms. The van der Waals surface area contributed by atoms with Crippen molar-refractivity contribution in [3.63, 3.8) is 0 Å². The van der Waals surface area contributed by atoms with Crippen LogP contribution in [0.2, 0.25) is 0 Å². The van der Waals surface area contributed by atoms with Crippen LogP contribution in [0.5, 0.6) is 0 Å². The number of carbonyl (C=O) groups is 1. The maximum atomic E-state index is 11.8. The SMILES string of the molecule is Ic1ccccc1.NC(=O)c1cnc(N[C@@H]2CCCC[C@@H]2N)nc1Nc1cnn(-c2ccccc2)c1.Nc1cnn(-c2ccccc2)c1.O=[N+]([O-])c1cn[nH]c1.O=[N+]([O-])c1cnn(-c2ccccc2)c1.[Cl][Sn][Cl]. The Morgan fingerprint density at radius 1 is 0.712 bits per heavy atom. The first-order valence-corrected chi connectivity index (χ1v) is 30.1. The molecule has 10 rings (SSSR count). The topological polar surface area (TPSA) is 313 Å². The van der Waals surface area contributed by atoms with E-state index in [1.165, 1.54) is 33.0 Å². The molecule has 1 amide bonds. The summed E-state index contributed by atoms with van der Waals surface area (Å²) in [5.74, 6) is 0.131. The number of benzene rings is 4. The molecule has 0 aliphatic heterocycles. The van der Waals surface area contributed by atoms with Gasteiger partial charge in [0.05, 0.1) is 69.3 Å². The second kappa shape index (κ2) is 30.4. The summed E-state index contributed by atoms with van der Waals surface area (Å²) in [4.78, 5) is 39.8. The Balaban J connectivity index is 0.000000186. The van der Waals surface area contributed by atoms with Crippen molar-refractivity contribution < 1.29 is 14.6 Å². The molecule has 1 saturated carbocycles. The zero-order chi connectivity index (χ0) is 52.4. The Morgan fingerprint density at radius 3 is 1.66 bits per heavy atom. The van der Waals surface area contributed by atoms with Crippen molar-refractivity contribution in [3.05, 3.63) is 206 Å². The first-order chi connectivity index (χ1) is 35.3. The number of para-hydroxylation sites is 3. The second-order valence-electron chi connectivity index (χ2n) is 15.0. The van der Waals surface area contributed by atoms with Gasteiger partial charge in [0.25, 0.3) is 5.91 Å². The van der Waals surface area contributed by atoms with Crippen molar-refractivity contribution in [2.75, 3.05) is 16.4 Å². The van der Waals surface area contributed by atoms with E-state index >= 15 is 0 Å². The Bertz CT molecular complexity index is 3030. The fourth-order valence-electron chi connectivity index (χ4n) is 6.42. The first kappa shape index (κ1) is 56.5. The number of carbonyl (C=O) groups excluding carboxylic acids is 1. The predicted molar refractivity (Wildman–Crippen MR) is 291 cm³/mol. The predicted octanol–water partition coefficient (Wildman–Crippen LogP) is 9.03. The van der Waals surface area contributed by atoms with Gasteiger partial charge in [-0.1, -0.05) is 85.6 Å². The number of H-pyrrole nitrogens is 1. The minimum atomic E-state index is -0.826. The molecular weight excluding hydrogens is 1200 g/mol. The summed E-state index contributed by atoms with van der Waals surface area (Å²) in [5.41, 5.74) is 21.5. The van der Waals surface area contributed by atoms with E-state index in [4.69, 9.17) is 35.0 Å². The zero-order valence-corrected chi connectivity index (χ0v) is 45.1. The number of amides is 1. The van der Waals surface area contributed by atoms with Gasteiger partial charge in [0.15, 0.2) is 0 Å². The molecule has 1 aliphatic carbocycles. The molecular formula is C47H48Cl2IN17O5Sn. The molecule has 2 atom stereocenters. The van der Waals surface area contributed by atoms with E-state index < -0.39 is 34.6 Å². The molecule has 0 bridgehead atoms. The average Bonchev–Trinajstić information content (AvgIpc) is 4.27. The van der Waals surface area contributed by atoms with E-state index in [1.54, 1.807) is 28.0 Å². The molecule has 0 spiro atoms. The number of rotatable bonds is 10. The molecule has 2 radical (unpaired) electrons. The number of anilines is 4. The summed E-state index contributed by atoms with van der Waals surface area (Å²) in [6.07, 6.45) is 17.5. The molecule has 5 heterocycles. The van der Waals surface area contributed by atoms with Crippen LogP contribution in [0.15, 0.2) is 177 Å². The fraction of sp³-hybridized carbons (Fsp3) is 0.128. The summed E-state index contributed by atoms with van der Waals surface area (Å²) in [6.45, 7) is 0. The van der Waals surface area contributed by atoms with Crippen molar-refractivity contribution in [3.8, 4) is 17.1 Å². The summed E-state index contributed by atoms with van der Waals surface area (Å²) >= 11 is 1.45. The van der Waals surface area contributed by atoms with Gasteiger partial charge in [0, 0.05) is 21.9 Å². The van der Waals surface area contributed by atoms with Gasteiger partial charge in [-0.2, -0.15) is 25.4 Å². The number of hydrogen-bond donors (Lipinski definition) is 6. The number of nitrogens with one attached hydrogen (secondary N) is 3. The van der Waals surface area contributed by atoms with Crippen molar-refractivity contribution in [2.45, 2.75) is 37.8 Å². The summed E-state index contributed by atoms with van der Waals surface area (Å²) in [5, 5.41) is 44.6. The Labute approximate surface area is 449 Å². The van der Waals surface area contributed by atoms with Crippen LogP contribution in [0, 0.1) is 23.8 Å². The normalized spacial score (nSPS) is 13.2. The minimum absolute atomic E-state index is 0.00569. The van der Waals surface area contributed by atoms with Gasteiger partial charge in [-0.15, -0.1) is 0 Å². The summed E-state index contributed by atoms with van der Waals surface area (Å²) in [7, 11) is 9.87. The molecule has 0 saturated heterocycles. The molecule has 22 nitrogen and oxygen atoms in total.